The van der Waals surface area contributed by atoms with Gasteiger partial charge in [-0.25, -0.2) is 0 Å². The van der Waals surface area contributed by atoms with Crippen molar-refractivity contribution < 1.29 is 42.9 Å². The molecule has 0 aliphatic rings. The summed E-state index contributed by atoms with van der Waals surface area (Å²) >= 11 is 0. The highest BCUT2D eigenvalue weighted by Gasteiger charge is 2.20. The Morgan fingerprint density at radius 2 is 0.691 bits per heavy atom. The molecule has 0 bridgehead atoms. The van der Waals surface area contributed by atoms with Crippen LogP contribution in [0.5, 0.6) is 0 Å². The Morgan fingerprint density at radius 3 is 1.00 bits per heavy atom. The number of esters is 4. The topological polar surface area (TPSA) is 114 Å². The van der Waals surface area contributed by atoms with Gasteiger partial charge in [0.2, 0.25) is 0 Å². The van der Waals surface area contributed by atoms with Gasteiger partial charge >= 0.3 is 23.9 Å². The molecule has 0 aliphatic heterocycles. The average Bonchev–Trinajstić information content (AvgIpc) is 3.15. The number of hydrogen-bond donors (Lipinski definition) is 0. The summed E-state index contributed by atoms with van der Waals surface area (Å²) in [5.74, 6) is -1.73. The predicted octanol–water partition coefficient (Wildman–Crippen LogP) is 12.0. The van der Waals surface area contributed by atoms with E-state index in [9.17, 15) is 19.2 Å². The van der Waals surface area contributed by atoms with Crippen molar-refractivity contribution in [1.82, 2.24) is 0 Å². The van der Waals surface area contributed by atoms with E-state index in [0.717, 1.165) is 64.2 Å². The van der Waals surface area contributed by atoms with Crippen molar-refractivity contribution in [1.29, 1.82) is 0 Å². The molecule has 320 valence electrons. The molecule has 0 radical (unpaired) electrons. The fraction of sp³-hybridized carbons (Fsp3) is 0.826. The minimum atomic E-state index is -0.808. The SMILES string of the molecule is CCCCCCCCC=CCCCCCCCC(=O)OCC(COCC(COC(=O)CCCCCCCC=CCCCCCCCC)OC(C)=O)OC(C)=O. The highest BCUT2D eigenvalue weighted by atomic mass is 16.6. The van der Waals surface area contributed by atoms with Crippen molar-refractivity contribution >= 4 is 23.9 Å². The third kappa shape index (κ3) is 40.8. The number of unbranched alkanes of at least 4 members (excludes halogenated alkanes) is 22. The summed E-state index contributed by atoms with van der Waals surface area (Å²) < 4.78 is 26.9. The van der Waals surface area contributed by atoms with E-state index in [1.165, 1.54) is 117 Å². The highest BCUT2D eigenvalue weighted by molar-refractivity contribution is 5.70. The lowest BCUT2D eigenvalue weighted by atomic mass is 10.1. The van der Waals surface area contributed by atoms with Crippen molar-refractivity contribution in [3.63, 3.8) is 0 Å². The van der Waals surface area contributed by atoms with Crippen LogP contribution in [0.3, 0.4) is 0 Å². The molecule has 0 aromatic heterocycles. The summed E-state index contributed by atoms with van der Waals surface area (Å²) in [6.45, 7) is 6.64. The Labute approximate surface area is 336 Å². The van der Waals surface area contributed by atoms with Crippen molar-refractivity contribution in [3.05, 3.63) is 24.3 Å². The van der Waals surface area contributed by atoms with Crippen LogP contribution in [0.4, 0.5) is 0 Å². The van der Waals surface area contributed by atoms with Gasteiger partial charge < -0.3 is 23.7 Å². The molecular formula is C46H82O9. The Hall–Kier alpha value is -2.68. The average molecular weight is 779 g/mol. The number of rotatable bonds is 40. The number of hydrogen-bond acceptors (Lipinski definition) is 9. The predicted molar refractivity (Wildman–Crippen MR) is 223 cm³/mol. The lowest BCUT2D eigenvalue weighted by Crippen LogP contribution is -2.33. The van der Waals surface area contributed by atoms with Crippen LogP contribution in [-0.4, -0.2) is 62.5 Å². The van der Waals surface area contributed by atoms with Gasteiger partial charge in [-0.05, 0) is 64.2 Å². The van der Waals surface area contributed by atoms with E-state index in [0.29, 0.717) is 12.8 Å². The molecule has 0 aromatic rings. The second-order valence-corrected chi connectivity index (χ2v) is 15.0. The maximum atomic E-state index is 12.3. The van der Waals surface area contributed by atoms with Crippen molar-refractivity contribution in [2.45, 2.75) is 220 Å². The zero-order valence-corrected chi connectivity index (χ0v) is 35.8. The van der Waals surface area contributed by atoms with Crippen LogP contribution >= 0.6 is 0 Å². The zero-order valence-electron chi connectivity index (χ0n) is 35.8. The van der Waals surface area contributed by atoms with Crippen LogP contribution in [0.1, 0.15) is 207 Å². The van der Waals surface area contributed by atoms with Crippen LogP contribution in [0, 0.1) is 0 Å². The molecule has 2 unspecified atom stereocenters. The molecule has 0 saturated carbocycles. The standard InChI is InChI=1S/C46H82O9/c1-5-7-9-11-13-15-17-19-21-23-25-27-29-31-33-35-45(49)52-39-43(54-41(3)47)37-51-38-44(55-42(4)48)40-53-46(50)36-34-32-30-28-26-24-22-20-18-16-14-12-10-8-6-2/h19-22,43-44H,5-18,23-40H2,1-4H3. The largest absolute Gasteiger partial charge is 0.462 e. The van der Waals surface area contributed by atoms with Crippen molar-refractivity contribution in [2.75, 3.05) is 26.4 Å². The van der Waals surface area contributed by atoms with Crippen LogP contribution in [0.25, 0.3) is 0 Å². The molecule has 0 rings (SSSR count). The van der Waals surface area contributed by atoms with E-state index in [2.05, 4.69) is 38.2 Å². The van der Waals surface area contributed by atoms with Gasteiger partial charge in [-0.3, -0.25) is 19.2 Å². The van der Waals surface area contributed by atoms with Crippen LogP contribution in [-0.2, 0) is 42.9 Å². The molecule has 0 N–H and O–H groups in total. The molecule has 0 saturated heterocycles. The van der Waals surface area contributed by atoms with Gasteiger partial charge in [0.05, 0.1) is 13.2 Å². The quantitative estimate of drug-likeness (QED) is 0.0259. The molecule has 0 spiro atoms. The van der Waals surface area contributed by atoms with Crippen LogP contribution in [0.15, 0.2) is 24.3 Å². The monoisotopic (exact) mass is 779 g/mol. The van der Waals surface area contributed by atoms with Crippen LogP contribution < -0.4 is 0 Å². The van der Waals surface area contributed by atoms with E-state index in [1.807, 2.05) is 0 Å². The van der Waals surface area contributed by atoms with Gasteiger partial charge in [-0.2, -0.15) is 0 Å². The minimum absolute atomic E-state index is 0.0686. The molecule has 9 nitrogen and oxygen atoms in total. The Kier molecular flexibility index (Phi) is 39.0. The zero-order chi connectivity index (χ0) is 40.5. The van der Waals surface area contributed by atoms with Crippen molar-refractivity contribution in [3.8, 4) is 0 Å². The van der Waals surface area contributed by atoms with Gasteiger partial charge in [0.25, 0.3) is 0 Å². The molecule has 0 aliphatic carbocycles. The Bertz CT molecular complexity index is 900. The number of allylic oxidation sites excluding steroid dienone is 4. The van der Waals surface area contributed by atoms with Gasteiger partial charge in [-0.15, -0.1) is 0 Å². The smallest absolute Gasteiger partial charge is 0.305 e. The van der Waals surface area contributed by atoms with Crippen molar-refractivity contribution in [2.24, 2.45) is 0 Å². The lowest BCUT2D eigenvalue weighted by Gasteiger charge is -2.20. The summed E-state index contributed by atoms with van der Waals surface area (Å²) in [5, 5.41) is 0. The molecule has 0 aromatic carbocycles. The molecule has 0 heterocycles. The first kappa shape index (κ1) is 52.3. The van der Waals surface area contributed by atoms with E-state index >= 15 is 0 Å². The first-order valence-electron chi connectivity index (χ1n) is 22.3. The first-order valence-corrected chi connectivity index (χ1v) is 22.3. The number of carbonyl (C=O) groups excluding carboxylic acids is 4. The summed E-state index contributed by atoms with van der Waals surface area (Å²) in [5.41, 5.74) is 0. The summed E-state index contributed by atoms with van der Waals surface area (Å²) in [4.78, 5) is 47.9. The van der Waals surface area contributed by atoms with E-state index in [4.69, 9.17) is 23.7 Å². The normalized spacial score (nSPS) is 12.6. The third-order valence-electron chi connectivity index (χ3n) is 9.42. The molecule has 55 heavy (non-hydrogen) atoms. The lowest BCUT2D eigenvalue weighted by molar-refractivity contribution is -0.167. The summed E-state index contributed by atoms with van der Waals surface area (Å²) in [7, 11) is 0. The Balaban J connectivity index is 4.10. The fourth-order valence-electron chi connectivity index (χ4n) is 6.23. The maximum Gasteiger partial charge on any atom is 0.305 e. The van der Waals surface area contributed by atoms with E-state index in [1.54, 1.807) is 0 Å². The molecule has 0 amide bonds. The van der Waals surface area contributed by atoms with E-state index < -0.39 is 24.1 Å². The summed E-state index contributed by atoms with van der Waals surface area (Å²) in [6.07, 6.45) is 39.1. The van der Waals surface area contributed by atoms with E-state index in [-0.39, 0.29) is 38.4 Å². The highest BCUT2D eigenvalue weighted by Crippen LogP contribution is 2.13. The second kappa shape index (κ2) is 41.0. The fourth-order valence-corrected chi connectivity index (χ4v) is 6.23. The number of ether oxygens (including phenoxy) is 5. The Morgan fingerprint density at radius 1 is 0.400 bits per heavy atom. The molecule has 2 atom stereocenters. The maximum absolute atomic E-state index is 12.3. The first-order chi connectivity index (χ1) is 26.8. The minimum Gasteiger partial charge on any atom is -0.462 e. The van der Waals surface area contributed by atoms with Gasteiger partial charge in [0.15, 0.2) is 12.2 Å². The van der Waals surface area contributed by atoms with Gasteiger partial charge in [0, 0.05) is 26.7 Å². The third-order valence-corrected chi connectivity index (χ3v) is 9.42. The second-order valence-electron chi connectivity index (χ2n) is 15.0. The molecular weight excluding hydrogens is 696 g/mol. The summed E-state index contributed by atoms with van der Waals surface area (Å²) in [6, 6.07) is 0. The molecule has 9 heteroatoms. The molecule has 0 fully saturated rings. The van der Waals surface area contributed by atoms with Gasteiger partial charge in [-0.1, -0.05) is 141 Å². The van der Waals surface area contributed by atoms with Crippen LogP contribution in [0.2, 0.25) is 0 Å². The number of carbonyl (C=O) groups is 4. The van der Waals surface area contributed by atoms with Gasteiger partial charge in [0.1, 0.15) is 13.2 Å².